The molecule has 4 aliphatic rings. The molecule has 22 atom stereocenters. The number of phosphoric acid groups is 2. The molecule has 4 aliphatic heterocycles. The molecule has 40 nitrogen and oxygen atoms in total. The monoisotopic (exact) mass is 1170 g/mol. The molecule has 0 bridgehead atoms. The molecule has 0 amide bonds. The van der Waals surface area contributed by atoms with E-state index in [0.29, 0.717) is 0 Å². The zero-order valence-corrected chi connectivity index (χ0v) is 41.2. The quantitative estimate of drug-likeness (QED) is 0.0239. The second-order valence-electron chi connectivity index (χ2n) is 17.4. The molecular formula is C36H55N9O31P2. The third-order valence-electron chi connectivity index (χ3n) is 12.0. The van der Waals surface area contributed by atoms with Crippen molar-refractivity contribution < 1.29 is 142 Å². The number of nitrogens with two attached hydrogens (primary N) is 2. The van der Waals surface area contributed by atoms with E-state index in [-0.39, 0.29) is 11.6 Å². The summed E-state index contributed by atoms with van der Waals surface area (Å²) in [6.07, 6.45) is -31.6. The van der Waals surface area contributed by atoms with Gasteiger partial charge in [-0.1, -0.05) is 5.11 Å². The minimum atomic E-state index is -5.52. The van der Waals surface area contributed by atoms with Crippen LogP contribution in [0.5, 0.6) is 0 Å². The molecule has 0 spiro atoms. The highest BCUT2D eigenvalue weighted by Crippen LogP contribution is 2.53. The molecule has 2 aromatic rings. The van der Waals surface area contributed by atoms with Crippen molar-refractivity contribution in [2.75, 3.05) is 37.9 Å². The average molecular weight is 1170 g/mol. The first-order valence-electron chi connectivity index (χ1n) is 22.2. The summed E-state index contributed by atoms with van der Waals surface area (Å²) in [5.41, 5.74) is 17.7. The lowest BCUT2D eigenvalue weighted by Crippen LogP contribution is -2.63. The first kappa shape index (κ1) is 64.0. The number of aliphatic carboxylic acids is 2. The molecule has 0 radical (unpaired) electrons. The highest BCUT2D eigenvalue weighted by Gasteiger charge is 2.60. The predicted octanol–water partition coefficient (Wildman–Crippen LogP) is -9.51. The number of aliphatic hydroxyl groups excluding tert-OH is 13. The fourth-order valence-corrected chi connectivity index (χ4v) is 9.88. The van der Waals surface area contributed by atoms with E-state index in [4.69, 9.17) is 54.6 Å². The molecule has 0 aromatic carbocycles. The Hall–Kier alpha value is -4.85. The second-order valence-corrected chi connectivity index (χ2v) is 20.1. The molecule has 6 unspecified atom stereocenters. The average Bonchev–Trinajstić information content (AvgIpc) is 3.83. The van der Waals surface area contributed by atoms with Crippen LogP contribution in [-0.4, -0.2) is 253 Å². The molecule has 42 heteroatoms. The SMILES string of the molecule is Nc1ccn([C@@H]2O[C@H](COP(=O)(O)O[C@@]3(C(=O)O)C[C@@H](O)[C@@H](O)C([C@H](O)[C@H](O)CO)O3)[C@H](O)C2O)c(=O)n1.[N-]=[N+]=N[C@@H](C1O[C@](OP(=O)(O)OC[C@H]2O[C@@H](n3ccc(N)nc3=O)C(O)[C@H]2O)(C(=O)O)C[C@@H](O)[C@H]1O)[C@H](O)CO. The third kappa shape index (κ3) is 14.4. The van der Waals surface area contributed by atoms with Gasteiger partial charge in [-0.3, -0.25) is 18.2 Å². The van der Waals surface area contributed by atoms with Crippen LogP contribution in [0.1, 0.15) is 25.3 Å². The van der Waals surface area contributed by atoms with Crippen LogP contribution in [0.4, 0.5) is 11.6 Å². The molecule has 2 aromatic heterocycles. The summed E-state index contributed by atoms with van der Waals surface area (Å²) < 4.78 is 66.6. The van der Waals surface area contributed by atoms with Gasteiger partial charge in [-0.2, -0.15) is 9.97 Å². The number of anilines is 2. The first-order chi connectivity index (χ1) is 36.3. The zero-order valence-electron chi connectivity index (χ0n) is 39.4. The van der Waals surface area contributed by atoms with E-state index in [1.54, 1.807) is 0 Å². The Morgan fingerprint density at radius 2 is 1.09 bits per heavy atom. The van der Waals surface area contributed by atoms with Gasteiger partial charge in [0.1, 0.15) is 84.9 Å². The third-order valence-corrected chi connectivity index (χ3v) is 14.0. The maximum absolute atomic E-state index is 12.7. The number of hydrogen-bond donors (Lipinski definition) is 19. The van der Waals surface area contributed by atoms with Crippen molar-refractivity contribution in [3.63, 3.8) is 0 Å². The van der Waals surface area contributed by atoms with Gasteiger partial charge in [-0.25, -0.2) is 37.4 Å². The van der Waals surface area contributed by atoms with Crippen LogP contribution in [0.15, 0.2) is 39.2 Å². The van der Waals surface area contributed by atoms with Crippen molar-refractivity contribution in [2.24, 2.45) is 5.11 Å². The second kappa shape index (κ2) is 25.7. The molecule has 0 aliphatic carbocycles. The van der Waals surface area contributed by atoms with Crippen LogP contribution in [0.25, 0.3) is 10.4 Å². The summed E-state index contributed by atoms with van der Waals surface area (Å²) in [6, 6.07) is 0.505. The van der Waals surface area contributed by atoms with Gasteiger partial charge in [0, 0.05) is 30.1 Å². The Bertz CT molecular complexity index is 2690. The minimum Gasteiger partial charge on any atom is -0.477 e. The van der Waals surface area contributed by atoms with E-state index in [0.717, 1.165) is 21.5 Å². The highest BCUT2D eigenvalue weighted by molar-refractivity contribution is 7.47. The summed E-state index contributed by atoms with van der Waals surface area (Å²) in [6.45, 7) is -4.13. The van der Waals surface area contributed by atoms with Crippen LogP contribution >= 0.6 is 15.6 Å². The Morgan fingerprint density at radius 1 is 0.705 bits per heavy atom. The number of phosphoric ester groups is 2. The van der Waals surface area contributed by atoms with Crippen LogP contribution < -0.4 is 22.8 Å². The van der Waals surface area contributed by atoms with Crippen molar-refractivity contribution in [1.29, 1.82) is 0 Å². The maximum Gasteiger partial charge on any atom is 0.475 e. The van der Waals surface area contributed by atoms with Gasteiger partial charge in [-0.05, 0) is 17.7 Å². The number of aliphatic hydroxyl groups is 13. The topological polar surface area (TPSA) is 657 Å². The smallest absolute Gasteiger partial charge is 0.475 e. The van der Waals surface area contributed by atoms with Crippen molar-refractivity contribution in [2.45, 2.75) is 134 Å². The maximum atomic E-state index is 12.7. The lowest BCUT2D eigenvalue weighted by atomic mass is 9.90. The van der Waals surface area contributed by atoms with E-state index < -0.39 is 200 Å². The molecule has 6 rings (SSSR count). The summed E-state index contributed by atoms with van der Waals surface area (Å²) in [5, 5.41) is 152. The van der Waals surface area contributed by atoms with Gasteiger partial charge in [-0.15, -0.1) is 0 Å². The van der Waals surface area contributed by atoms with Gasteiger partial charge >= 0.3 is 39.0 Å². The number of nitrogen functional groups attached to an aromatic ring is 2. The normalized spacial score (nSPS) is 36.1. The standard InChI is InChI=1S/C18H27N6O15P.C18H28N3O16P/c19-9-1-2-24(17(33)21-9)15-13(30)12(29)8(37-15)5-36-40(34,35)39-18(16(31)32)3-6(26)11(28)14(38-18)10(22-23-20)7(27)4-25;19-9-1-2-21(17(31)20-9)15-13(28)12(27)8(35-15)5-34-38(32,33)37-18(16(29)30)3-6(23)10(25)14(36-18)11(26)7(24)4-22/h1-2,6-8,10-15,25-30H,3-5H2,(H,31,32)(H,34,35)(H2,19,21,33);1-2,6-8,10-15,22-28H,3-5H2,(H,29,30)(H,32,33)(H2,19,20,31)/t2*6-,7-,8-,10-,11-,12+,13?,14?,15-,18-/m11/s1. The Balaban J connectivity index is 0.000000288. The lowest BCUT2D eigenvalue weighted by molar-refractivity contribution is -0.307. The van der Waals surface area contributed by atoms with Gasteiger partial charge < -0.3 is 117 Å². The number of azide groups is 1. The van der Waals surface area contributed by atoms with Crippen LogP contribution in [0.2, 0.25) is 0 Å². The van der Waals surface area contributed by atoms with Gasteiger partial charge in [0.15, 0.2) is 12.5 Å². The molecule has 0 saturated carbocycles. The number of nitrogens with zero attached hydrogens (tertiary/aromatic N) is 7. The Kier molecular flexibility index (Phi) is 21.1. The molecule has 21 N–H and O–H groups in total. The summed E-state index contributed by atoms with van der Waals surface area (Å²) in [5.74, 6) is -10.9. The number of rotatable bonds is 21. The minimum absolute atomic E-state index is 0.131. The van der Waals surface area contributed by atoms with Crippen molar-refractivity contribution in [1.82, 2.24) is 19.1 Å². The predicted molar refractivity (Wildman–Crippen MR) is 240 cm³/mol. The number of hydrogen-bond acceptors (Lipinski definition) is 32. The number of carbonyl (C=O) groups is 2. The fraction of sp³-hybridized carbons (Fsp3) is 0.722. The van der Waals surface area contributed by atoms with E-state index >= 15 is 0 Å². The molecule has 4 saturated heterocycles. The first-order valence-corrected chi connectivity index (χ1v) is 25.2. The molecule has 6 heterocycles. The van der Waals surface area contributed by atoms with E-state index in [1.165, 1.54) is 12.1 Å². The van der Waals surface area contributed by atoms with E-state index in [9.17, 15) is 110 Å². The number of carboxylic acid groups (broad SMARTS) is 2. The van der Waals surface area contributed by atoms with E-state index in [1.807, 2.05) is 0 Å². The highest BCUT2D eigenvalue weighted by atomic mass is 31.2. The van der Waals surface area contributed by atoms with Crippen molar-refractivity contribution in [3.05, 3.63) is 55.9 Å². The lowest BCUT2D eigenvalue weighted by Gasteiger charge is -2.44. The summed E-state index contributed by atoms with van der Waals surface area (Å²) in [7, 11) is -11.0. The molecule has 4 fully saturated rings. The Morgan fingerprint density at radius 3 is 1.45 bits per heavy atom. The van der Waals surface area contributed by atoms with Crippen LogP contribution in [-0.2, 0) is 55.8 Å². The zero-order chi connectivity index (χ0) is 58.6. The summed E-state index contributed by atoms with van der Waals surface area (Å²) >= 11 is 0. The van der Waals surface area contributed by atoms with E-state index in [2.05, 4.69) is 24.5 Å². The van der Waals surface area contributed by atoms with Crippen molar-refractivity contribution in [3.8, 4) is 0 Å². The molecular weight excluding hydrogens is 1120 g/mol. The fourth-order valence-electron chi connectivity index (χ4n) is 7.97. The summed E-state index contributed by atoms with van der Waals surface area (Å²) in [4.78, 5) is 77.9. The largest absolute Gasteiger partial charge is 0.477 e. The van der Waals surface area contributed by atoms with Gasteiger partial charge in [0.05, 0.1) is 50.8 Å². The van der Waals surface area contributed by atoms with Crippen LogP contribution in [0, 0.1) is 0 Å². The number of ether oxygens (including phenoxy) is 4. The van der Waals surface area contributed by atoms with Crippen LogP contribution in [0.3, 0.4) is 0 Å². The Labute approximate surface area is 433 Å². The number of aromatic nitrogens is 4. The van der Waals surface area contributed by atoms with Gasteiger partial charge in [0.2, 0.25) is 0 Å². The molecule has 440 valence electrons. The van der Waals surface area contributed by atoms with Gasteiger partial charge in [0.25, 0.3) is 11.6 Å². The number of carboxylic acids is 2. The molecule has 78 heavy (non-hydrogen) atoms. The van der Waals surface area contributed by atoms with Crippen molar-refractivity contribution >= 4 is 39.2 Å².